The number of aryl methyl sites for hydroxylation is 1. The number of hydrogen-bond acceptors (Lipinski definition) is 5. The van der Waals surface area contributed by atoms with Crippen LogP contribution in [0.15, 0.2) is 30.5 Å². The van der Waals surface area contributed by atoms with Crippen molar-refractivity contribution in [1.82, 2.24) is 20.3 Å². The number of nitrogens with one attached hydrogen (secondary N) is 1. The second-order valence-electron chi connectivity index (χ2n) is 5.88. The third-order valence-electron chi connectivity index (χ3n) is 4.19. The second kappa shape index (κ2) is 7.25. The van der Waals surface area contributed by atoms with E-state index in [2.05, 4.69) is 27.1 Å². The van der Waals surface area contributed by atoms with Crippen molar-refractivity contribution in [2.75, 3.05) is 18.0 Å². The molecule has 0 bridgehead atoms. The van der Waals surface area contributed by atoms with Crippen LogP contribution in [0.3, 0.4) is 0 Å². The van der Waals surface area contributed by atoms with E-state index in [1.165, 1.54) is 0 Å². The van der Waals surface area contributed by atoms with Gasteiger partial charge in [0.1, 0.15) is 11.5 Å². The maximum absolute atomic E-state index is 11.0. The lowest BCUT2D eigenvalue weighted by Gasteiger charge is -2.33. The molecule has 3 rings (SSSR count). The molecule has 7 heteroatoms. The second-order valence-corrected chi connectivity index (χ2v) is 5.88. The Morgan fingerprint density at radius 3 is 2.75 bits per heavy atom. The molecule has 0 atom stereocenters. The summed E-state index contributed by atoms with van der Waals surface area (Å²) in [4.78, 5) is 26.9. The minimum Gasteiger partial charge on any atom is -0.356 e. The molecule has 1 aliphatic heterocycles. The number of primary amides is 1. The highest BCUT2D eigenvalue weighted by Gasteiger charge is 2.22. The van der Waals surface area contributed by atoms with Gasteiger partial charge in [-0.1, -0.05) is 13.0 Å². The molecule has 0 unspecified atom stereocenters. The maximum atomic E-state index is 11.0. The van der Waals surface area contributed by atoms with Gasteiger partial charge in [0.15, 0.2) is 5.82 Å². The summed E-state index contributed by atoms with van der Waals surface area (Å²) >= 11 is 0. The number of piperidine rings is 1. The van der Waals surface area contributed by atoms with Crippen LogP contribution in [0.25, 0.3) is 11.5 Å². The van der Waals surface area contributed by atoms with Crippen LogP contribution in [-0.4, -0.2) is 40.1 Å². The van der Waals surface area contributed by atoms with E-state index in [0.29, 0.717) is 5.82 Å². The lowest BCUT2D eigenvalue weighted by atomic mass is 10.1. The number of aromatic nitrogens is 3. The topological polar surface area (TPSA) is 97.0 Å². The number of anilines is 1. The number of amides is 2. The lowest BCUT2D eigenvalue weighted by Crippen LogP contribution is -2.46. The summed E-state index contributed by atoms with van der Waals surface area (Å²) in [7, 11) is 0. The van der Waals surface area contributed by atoms with Crippen LogP contribution in [0.2, 0.25) is 0 Å². The van der Waals surface area contributed by atoms with Gasteiger partial charge in [0.2, 0.25) is 0 Å². The Kier molecular flexibility index (Phi) is 4.88. The van der Waals surface area contributed by atoms with Crippen molar-refractivity contribution >= 4 is 11.8 Å². The predicted octanol–water partition coefficient (Wildman–Crippen LogP) is 1.74. The number of pyridine rings is 1. The van der Waals surface area contributed by atoms with Gasteiger partial charge in [-0.2, -0.15) is 0 Å². The molecule has 2 amide bonds. The van der Waals surface area contributed by atoms with Gasteiger partial charge in [0.25, 0.3) is 0 Å². The molecule has 0 saturated carbocycles. The maximum Gasteiger partial charge on any atom is 0.312 e. The summed E-state index contributed by atoms with van der Waals surface area (Å²) in [6, 6.07) is 7.45. The molecule has 1 aliphatic rings. The van der Waals surface area contributed by atoms with Crippen LogP contribution >= 0.6 is 0 Å². The van der Waals surface area contributed by atoms with Crippen LogP contribution < -0.4 is 16.0 Å². The van der Waals surface area contributed by atoms with Crippen LogP contribution in [0.5, 0.6) is 0 Å². The number of nitrogens with zero attached hydrogens (tertiary/aromatic N) is 4. The molecule has 7 nitrogen and oxygen atoms in total. The van der Waals surface area contributed by atoms with Crippen molar-refractivity contribution in [3.05, 3.63) is 36.2 Å². The van der Waals surface area contributed by atoms with Gasteiger partial charge < -0.3 is 16.0 Å². The highest BCUT2D eigenvalue weighted by molar-refractivity contribution is 5.72. The van der Waals surface area contributed by atoms with Gasteiger partial charge in [-0.3, -0.25) is 4.98 Å². The first-order chi connectivity index (χ1) is 11.7. The van der Waals surface area contributed by atoms with Crippen molar-refractivity contribution in [2.45, 2.75) is 32.2 Å². The van der Waals surface area contributed by atoms with Crippen LogP contribution in [0.4, 0.5) is 10.6 Å². The summed E-state index contributed by atoms with van der Waals surface area (Å²) in [5.41, 5.74) is 6.98. The average Bonchev–Trinajstić information content (AvgIpc) is 2.62. The molecule has 24 heavy (non-hydrogen) atoms. The zero-order valence-electron chi connectivity index (χ0n) is 13.8. The number of nitrogens with two attached hydrogens (primary N) is 1. The van der Waals surface area contributed by atoms with Crippen molar-refractivity contribution in [1.29, 1.82) is 0 Å². The molecular formula is C17H22N6O. The number of hydrogen-bond donors (Lipinski definition) is 2. The third-order valence-corrected chi connectivity index (χ3v) is 4.19. The van der Waals surface area contributed by atoms with E-state index in [1.807, 2.05) is 24.3 Å². The van der Waals surface area contributed by atoms with Crippen molar-refractivity contribution in [3.63, 3.8) is 0 Å². The van der Waals surface area contributed by atoms with Crippen LogP contribution in [-0.2, 0) is 6.42 Å². The van der Waals surface area contributed by atoms with E-state index in [4.69, 9.17) is 10.7 Å². The quantitative estimate of drug-likeness (QED) is 0.892. The Morgan fingerprint density at radius 2 is 2.12 bits per heavy atom. The van der Waals surface area contributed by atoms with Gasteiger partial charge in [0.05, 0.1) is 0 Å². The molecule has 0 aliphatic carbocycles. The summed E-state index contributed by atoms with van der Waals surface area (Å²) in [6.07, 6.45) is 4.30. The Bertz CT molecular complexity index is 697. The molecule has 3 N–H and O–H groups in total. The van der Waals surface area contributed by atoms with E-state index >= 15 is 0 Å². The third kappa shape index (κ3) is 3.79. The van der Waals surface area contributed by atoms with Crippen molar-refractivity contribution in [2.24, 2.45) is 5.73 Å². The van der Waals surface area contributed by atoms with E-state index < -0.39 is 6.03 Å². The molecule has 2 aromatic heterocycles. The molecule has 126 valence electrons. The monoisotopic (exact) mass is 326 g/mol. The Balaban J connectivity index is 1.80. The first-order valence-electron chi connectivity index (χ1n) is 8.26. The Morgan fingerprint density at radius 1 is 1.33 bits per heavy atom. The average molecular weight is 326 g/mol. The summed E-state index contributed by atoms with van der Waals surface area (Å²) in [5, 5.41) is 2.78. The smallest absolute Gasteiger partial charge is 0.312 e. The van der Waals surface area contributed by atoms with Crippen molar-refractivity contribution < 1.29 is 4.79 Å². The number of rotatable bonds is 4. The number of carbonyl (C=O) groups excluding carboxylic acids is 1. The Hall–Kier alpha value is -2.70. The van der Waals surface area contributed by atoms with Crippen molar-refractivity contribution in [3.8, 4) is 11.5 Å². The van der Waals surface area contributed by atoms with E-state index in [-0.39, 0.29) is 6.04 Å². The zero-order chi connectivity index (χ0) is 16.9. The number of carbonyl (C=O) groups is 1. The molecule has 1 saturated heterocycles. The minimum absolute atomic E-state index is 0.140. The molecule has 2 aromatic rings. The van der Waals surface area contributed by atoms with E-state index in [1.54, 1.807) is 6.20 Å². The summed E-state index contributed by atoms with van der Waals surface area (Å²) in [6.45, 7) is 3.73. The fourth-order valence-corrected chi connectivity index (χ4v) is 2.89. The predicted molar refractivity (Wildman–Crippen MR) is 92.6 cm³/mol. The number of urea groups is 1. The van der Waals surface area contributed by atoms with E-state index in [0.717, 1.165) is 49.6 Å². The van der Waals surface area contributed by atoms with Gasteiger partial charge in [0, 0.05) is 37.1 Å². The Labute approximate surface area is 141 Å². The first kappa shape index (κ1) is 16.2. The van der Waals surface area contributed by atoms with Gasteiger partial charge in [-0.05, 0) is 31.4 Å². The zero-order valence-corrected chi connectivity index (χ0v) is 13.8. The fourth-order valence-electron chi connectivity index (χ4n) is 2.89. The minimum atomic E-state index is -0.457. The highest BCUT2D eigenvalue weighted by atomic mass is 16.2. The standard InChI is InChI=1S/C17H22N6O/c1-2-12-11-15(22-16(20-12)14-5-3-4-8-19-14)23-9-6-13(7-10-23)21-17(18)24/h3-5,8,11,13H,2,6-7,9-10H2,1H3,(H3,18,21,24). The van der Waals surface area contributed by atoms with E-state index in [9.17, 15) is 4.79 Å². The lowest BCUT2D eigenvalue weighted by molar-refractivity contribution is 0.242. The summed E-state index contributed by atoms with van der Waals surface area (Å²) in [5.74, 6) is 1.57. The molecular weight excluding hydrogens is 304 g/mol. The van der Waals surface area contributed by atoms with Crippen LogP contribution in [0, 0.1) is 0 Å². The van der Waals surface area contributed by atoms with Crippen LogP contribution in [0.1, 0.15) is 25.5 Å². The normalized spacial score (nSPS) is 15.3. The molecule has 3 heterocycles. The SMILES string of the molecule is CCc1cc(N2CCC(NC(N)=O)CC2)nc(-c2ccccn2)n1. The molecule has 0 spiro atoms. The van der Waals surface area contributed by atoms with Gasteiger partial charge in [-0.25, -0.2) is 14.8 Å². The van der Waals surface area contributed by atoms with Gasteiger partial charge >= 0.3 is 6.03 Å². The first-order valence-corrected chi connectivity index (χ1v) is 8.26. The van der Waals surface area contributed by atoms with Gasteiger partial charge in [-0.15, -0.1) is 0 Å². The fraction of sp³-hybridized carbons (Fsp3) is 0.412. The summed E-state index contributed by atoms with van der Waals surface area (Å²) < 4.78 is 0. The molecule has 1 fully saturated rings. The highest BCUT2D eigenvalue weighted by Crippen LogP contribution is 2.22. The molecule has 0 radical (unpaired) electrons. The molecule has 0 aromatic carbocycles. The largest absolute Gasteiger partial charge is 0.356 e.